The predicted octanol–water partition coefficient (Wildman–Crippen LogP) is 4.50. The van der Waals surface area contributed by atoms with Crippen LogP contribution in [0, 0.1) is 17.0 Å². The van der Waals surface area contributed by atoms with Crippen LogP contribution >= 0.6 is 0 Å². The van der Waals surface area contributed by atoms with Gasteiger partial charge in [0, 0.05) is 5.41 Å². The number of nitrogens with one attached hydrogen (secondary N) is 1. The average molecular weight is 325 g/mol. The summed E-state index contributed by atoms with van der Waals surface area (Å²) in [5.74, 6) is -1.36. The lowest BCUT2D eigenvalue weighted by Gasteiger charge is -2.29. The molecule has 1 aromatic rings. The molecule has 2 atom stereocenters. The standard InChI is InChI=1S/C18H25F2NO2/c1-7-11(2)23-16(12(3)21-17(22)18(4,5)6)13-8-9-14(19)15(20)10-13/h7-10,12,16H,1-6H3,(H,21,22)/b11-7+/t12-,16-/m0/s1. The van der Waals surface area contributed by atoms with Crippen molar-refractivity contribution in [2.75, 3.05) is 0 Å². The Morgan fingerprint density at radius 1 is 1.26 bits per heavy atom. The molecule has 0 heterocycles. The van der Waals surface area contributed by atoms with E-state index >= 15 is 0 Å². The third kappa shape index (κ3) is 5.34. The summed E-state index contributed by atoms with van der Waals surface area (Å²) in [7, 11) is 0. The Hall–Kier alpha value is -1.91. The molecule has 0 spiro atoms. The number of hydrogen-bond donors (Lipinski definition) is 1. The quantitative estimate of drug-likeness (QED) is 0.810. The summed E-state index contributed by atoms with van der Waals surface area (Å²) in [6.07, 6.45) is 1.15. The Kier molecular flexibility index (Phi) is 6.30. The van der Waals surface area contributed by atoms with Crippen LogP contribution in [0.2, 0.25) is 0 Å². The van der Waals surface area contributed by atoms with E-state index in [-0.39, 0.29) is 5.91 Å². The molecule has 3 nitrogen and oxygen atoms in total. The predicted molar refractivity (Wildman–Crippen MR) is 86.7 cm³/mol. The Balaban J connectivity index is 3.09. The maximum absolute atomic E-state index is 13.5. The van der Waals surface area contributed by atoms with Crippen molar-refractivity contribution in [2.45, 2.75) is 53.7 Å². The van der Waals surface area contributed by atoms with Crippen LogP contribution in [0.1, 0.15) is 53.2 Å². The van der Waals surface area contributed by atoms with Gasteiger partial charge < -0.3 is 10.1 Å². The number of allylic oxidation sites excluding steroid dienone is 2. The molecule has 0 saturated carbocycles. The molecule has 23 heavy (non-hydrogen) atoms. The van der Waals surface area contributed by atoms with Crippen molar-refractivity contribution in [3.8, 4) is 0 Å². The van der Waals surface area contributed by atoms with Gasteiger partial charge in [-0.05, 0) is 44.5 Å². The van der Waals surface area contributed by atoms with E-state index in [1.165, 1.54) is 6.07 Å². The van der Waals surface area contributed by atoms with Crippen molar-refractivity contribution in [3.05, 3.63) is 47.2 Å². The van der Waals surface area contributed by atoms with E-state index in [2.05, 4.69) is 5.32 Å². The zero-order valence-electron chi connectivity index (χ0n) is 14.5. The monoisotopic (exact) mass is 325 g/mol. The molecule has 1 amide bonds. The van der Waals surface area contributed by atoms with Crippen molar-refractivity contribution in [1.29, 1.82) is 0 Å². The molecule has 0 aliphatic carbocycles. The molecule has 5 heteroatoms. The molecule has 0 aromatic heterocycles. The van der Waals surface area contributed by atoms with Crippen molar-refractivity contribution in [2.24, 2.45) is 5.41 Å². The van der Waals surface area contributed by atoms with E-state index in [1.807, 2.05) is 6.92 Å². The van der Waals surface area contributed by atoms with Crippen LogP contribution in [-0.2, 0) is 9.53 Å². The van der Waals surface area contributed by atoms with Crippen molar-refractivity contribution < 1.29 is 18.3 Å². The third-order valence-corrected chi connectivity index (χ3v) is 3.49. The van der Waals surface area contributed by atoms with Gasteiger partial charge in [-0.25, -0.2) is 8.78 Å². The molecule has 1 aromatic carbocycles. The largest absolute Gasteiger partial charge is 0.489 e. The Labute approximate surface area is 136 Å². The fourth-order valence-corrected chi connectivity index (χ4v) is 1.92. The molecule has 1 rings (SSSR count). The second-order valence-corrected chi connectivity index (χ2v) is 6.62. The van der Waals surface area contributed by atoms with E-state index in [4.69, 9.17) is 4.74 Å². The second-order valence-electron chi connectivity index (χ2n) is 6.62. The Morgan fingerprint density at radius 3 is 2.35 bits per heavy atom. The highest BCUT2D eigenvalue weighted by atomic mass is 19.2. The number of benzene rings is 1. The van der Waals surface area contributed by atoms with Gasteiger partial charge in [0.15, 0.2) is 11.6 Å². The summed E-state index contributed by atoms with van der Waals surface area (Å²) in [4.78, 5) is 12.2. The lowest BCUT2D eigenvalue weighted by molar-refractivity contribution is -0.130. The van der Waals surface area contributed by atoms with Crippen LogP contribution < -0.4 is 5.32 Å². The van der Waals surface area contributed by atoms with Crippen molar-refractivity contribution in [1.82, 2.24) is 5.32 Å². The van der Waals surface area contributed by atoms with Gasteiger partial charge in [-0.2, -0.15) is 0 Å². The summed E-state index contributed by atoms with van der Waals surface area (Å²) in [5, 5.41) is 2.87. The number of carbonyl (C=O) groups excluding carboxylic acids is 1. The van der Waals surface area contributed by atoms with Gasteiger partial charge in [0.1, 0.15) is 6.10 Å². The molecule has 0 fully saturated rings. The second kappa shape index (κ2) is 7.57. The topological polar surface area (TPSA) is 38.3 Å². The highest BCUT2D eigenvalue weighted by molar-refractivity contribution is 5.81. The van der Waals surface area contributed by atoms with E-state index in [0.717, 1.165) is 12.1 Å². The number of amides is 1. The molecule has 0 aliphatic rings. The SMILES string of the molecule is C/C=C(\C)O[C@H](c1ccc(F)c(F)c1)[C@H](C)NC(=O)C(C)(C)C. The van der Waals surface area contributed by atoms with Gasteiger partial charge in [0.2, 0.25) is 5.91 Å². The average Bonchev–Trinajstić information content (AvgIpc) is 2.46. The first-order chi connectivity index (χ1) is 10.6. The minimum absolute atomic E-state index is 0.140. The number of halogens is 2. The van der Waals surface area contributed by atoms with Crippen LogP contribution in [0.5, 0.6) is 0 Å². The zero-order valence-corrected chi connectivity index (χ0v) is 14.5. The first kappa shape index (κ1) is 19.1. The Morgan fingerprint density at radius 2 is 1.87 bits per heavy atom. The molecule has 128 valence electrons. The molecule has 0 bridgehead atoms. The van der Waals surface area contributed by atoms with Gasteiger partial charge in [0.05, 0.1) is 11.8 Å². The van der Waals surface area contributed by atoms with Crippen LogP contribution in [-0.4, -0.2) is 11.9 Å². The van der Waals surface area contributed by atoms with Crippen LogP contribution in [0.25, 0.3) is 0 Å². The van der Waals surface area contributed by atoms with Crippen LogP contribution in [0.4, 0.5) is 8.78 Å². The van der Waals surface area contributed by atoms with Gasteiger partial charge in [-0.1, -0.05) is 26.8 Å². The minimum atomic E-state index is -0.941. The summed E-state index contributed by atoms with van der Waals surface area (Å²) in [6.45, 7) is 10.8. The van der Waals surface area contributed by atoms with E-state index < -0.39 is 29.2 Å². The summed E-state index contributed by atoms with van der Waals surface area (Å²) >= 11 is 0. The van der Waals surface area contributed by atoms with Gasteiger partial charge in [0.25, 0.3) is 0 Å². The summed E-state index contributed by atoms with van der Waals surface area (Å²) < 4.78 is 32.5. The van der Waals surface area contributed by atoms with E-state index in [9.17, 15) is 13.6 Å². The fraction of sp³-hybridized carbons (Fsp3) is 0.500. The van der Waals surface area contributed by atoms with Crippen LogP contribution in [0.15, 0.2) is 30.0 Å². The minimum Gasteiger partial charge on any atom is -0.489 e. The highest BCUT2D eigenvalue weighted by Gasteiger charge is 2.28. The molecule has 0 saturated heterocycles. The smallest absolute Gasteiger partial charge is 0.225 e. The maximum atomic E-state index is 13.5. The summed E-state index contributed by atoms with van der Waals surface area (Å²) in [6, 6.07) is 3.21. The van der Waals surface area contributed by atoms with Gasteiger partial charge in [-0.3, -0.25) is 4.79 Å². The molecular weight excluding hydrogens is 300 g/mol. The number of hydrogen-bond acceptors (Lipinski definition) is 2. The van der Waals surface area contributed by atoms with Gasteiger partial charge >= 0.3 is 0 Å². The van der Waals surface area contributed by atoms with Crippen LogP contribution in [0.3, 0.4) is 0 Å². The Bertz CT molecular complexity index is 591. The molecular formula is C18H25F2NO2. The zero-order chi connectivity index (χ0) is 17.8. The van der Waals surface area contributed by atoms with Crippen molar-refractivity contribution in [3.63, 3.8) is 0 Å². The fourth-order valence-electron chi connectivity index (χ4n) is 1.92. The molecule has 0 radical (unpaired) electrons. The highest BCUT2D eigenvalue weighted by Crippen LogP contribution is 2.26. The number of rotatable bonds is 5. The first-order valence-corrected chi connectivity index (χ1v) is 7.61. The van der Waals surface area contributed by atoms with E-state index in [0.29, 0.717) is 11.3 Å². The van der Waals surface area contributed by atoms with E-state index in [1.54, 1.807) is 40.7 Å². The molecule has 1 N–H and O–H groups in total. The number of ether oxygens (including phenoxy) is 1. The first-order valence-electron chi connectivity index (χ1n) is 7.61. The number of carbonyl (C=O) groups is 1. The third-order valence-electron chi connectivity index (χ3n) is 3.49. The molecule has 0 aliphatic heterocycles. The summed E-state index contributed by atoms with van der Waals surface area (Å²) in [5.41, 5.74) is -0.0884. The maximum Gasteiger partial charge on any atom is 0.225 e. The lowest BCUT2D eigenvalue weighted by Crippen LogP contribution is -2.43. The van der Waals surface area contributed by atoms with Gasteiger partial charge in [-0.15, -0.1) is 0 Å². The lowest BCUT2D eigenvalue weighted by atomic mass is 9.94. The molecule has 0 unspecified atom stereocenters. The van der Waals surface area contributed by atoms with Crippen molar-refractivity contribution >= 4 is 5.91 Å². The normalized spacial score (nSPS) is 15.0.